The molecule has 4 heteroatoms. The molecule has 94 valence electrons. The summed E-state index contributed by atoms with van der Waals surface area (Å²) in [6.45, 7) is 1.75. The van der Waals surface area contributed by atoms with Crippen LogP contribution < -0.4 is 5.32 Å². The van der Waals surface area contributed by atoms with Crippen molar-refractivity contribution in [3.05, 3.63) is 35.4 Å². The molecule has 0 amide bonds. The fourth-order valence-electron chi connectivity index (χ4n) is 2.49. The maximum absolute atomic E-state index is 13.1. The monoisotopic (exact) mass is 241 g/mol. The van der Waals surface area contributed by atoms with Crippen LogP contribution in [0, 0.1) is 17.0 Å². The van der Waals surface area contributed by atoms with E-state index in [1.54, 1.807) is 0 Å². The minimum atomic E-state index is -0.554. The van der Waals surface area contributed by atoms with E-state index in [-0.39, 0.29) is 12.0 Å². The molecule has 1 aromatic rings. The van der Waals surface area contributed by atoms with E-state index in [9.17, 15) is 13.9 Å². The SMILES string of the molecule is OCC1(Cc2cc(F)cc(F)c2)CCNCC1. The van der Waals surface area contributed by atoms with Crippen molar-refractivity contribution in [3.8, 4) is 0 Å². The lowest BCUT2D eigenvalue weighted by atomic mass is 9.75. The molecule has 0 spiro atoms. The number of benzene rings is 1. The third-order valence-electron chi connectivity index (χ3n) is 3.50. The van der Waals surface area contributed by atoms with Crippen LogP contribution >= 0.6 is 0 Å². The third-order valence-corrected chi connectivity index (χ3v) is 3.50. The van der Waals surface area contributed by atoms with E-state index >= 15 is 0 Å². The summed E-state index contributed by atoms with van der Waals surface area (Å²) in [6.07, 6.45) is 2.20. The van der Waals surface area contributed by atoms with Crippen molar-refractivity contribution in [2.45, 2.75) is 19.3 Å². The van der Waals surface area contributed by atoms with Gasteiger partial charge >= 0.3 is 0 Å². The van der Waals surface area contributed by atoms with Crippen molar-refractivity contribution in [1.29, 1.82) is 0 Å². The first-order chi connectivity index (χ1) is 8.13. The Balaban J connectivity index is 2.17. The van der Waals surface area contributed by atoms with Crippen molar-refractivity contribution in [3.63, 3.8) is 0 Å². The Hall–Kier alpha value is -1.00. The van der Waals surface area contributed by atoms with Gasteiger partial charge in [0.2, 0.25) is 0 Å². The number of hydrogen-bond donors (Lipinski definition) is 2. The van der Waals surface area contributed by atoms with Gasteiger partial charge in [0, 0.05) is 12.7 Å². The van der Waals surface area contributed by atoms with E-state index in [2.05, 4.69) is 5.32 Å². The number of halogens is 2. The summed E-state index contributed by atoms with van der Waals surface area (Å²) in [5.41, 5.74) is 0.393. The molecule has 0 radical (unpaired) electrons. The Labute approximate surface area is 99.7 Å². The van der Waals surface area contributed by atoms with Crippen LogP contribution in [0.4, 0.5) is 8.78 Å². The molecule has 0 unspecified atom stereocenters. The van der Waals surface area contributed by atoms with Crippen LogP contribution in [0.25, 0.3) is 0 Å². The molecule has 0 aromatic heterocycles. The number of rotatable bonds is 3. The average Bonchev–Trinajstić information content (AvgIpc) is 2.29. The van der Waals surface area contributed by atoms with Crippen molar-refractivity contribution in [2.75, 3.05) is 19.7 Å². The van der Waals surface area contributed by atoms with Gasteiger partial charge in [0.15, 0.2) is 0 Å². The molecule has 1 saturated heterocycles. The van der Waals surface area contributed by atoms with Crippen LogP contribution in [-0.4, -0.2) is 24.8 Å². The van der Waals surface area contributed by atoms with Gasteiger partial charge in [0.1, 0.15) is 11.6 Å². The number of aliphatic hydroxyl groups is 1. The number of hydrogen-bond acceptors (Lipinski definition) is 2. The molecule has 2 rings (SSSR count). The van der Waals surface area contributed by atoms with Gasteiger partial charge in [0.25, 0.3) is 0 Å². The highest BCUT2D eigenvalue weighted by atomic mass is 19.1. The molecule has 1 heterocycles. The fraction of sp³-hybridized carbons (Fsp3) is 0.538. The lowest BCUT2D eigenvalue weighted by Gasteiger charge is -2.36. The standard InChI is InChI=1S/C13H17F2NO/c14-11-5-10(6-12(15)7-11)8-13(9-17)1-3-16-4-2-13/h5-7,16-17H,1-4,8-9H2. The first-order valence-electron chi connectivity index (χ1n) is 5.90. The highest BCUT2D eigenvalue weighted by molar-refractivity contribution is 5.19. The topological polar surface area (TPSA) is 32.3 Å². The normalized spacial score (nSPS) is 19.2. The quantitative estimate of drug-likeness (QED) is 0.846. The number of piperidine rings is 1. The van der Waals surface area contributed by atoms with Crippen molar-refractivity contribution in [2.24, 2.45) is 5.41 Å². The summed E-state index contributed by atoms with van der Waals surface area (Å²) in [4.78, 5) is 0. The largest absolute Gasteiger partial charge is 0.396 e. The second-order valence-electron chi connectivity index (χ2n) is 4.86. The van der Waals surface area contributed by atoms with E-state index in [1.807, 2.05) is 0 Å². The Morgan fingerprint density at radius 2 is 1.71 bits per heavy atom. The number of aliphatic hydroxyl groups excluding tert-OH is 1. The molecule has 0 saturated carbocycles. The average molecular weight is 241 g/mol. The van der Waals surface area contributed by atoms with Gasteiger partial charge < -0.3 is 10.4 Å². The summed E-state index contributed by atoms with van der Waals surface area (Å²) in [5, 5.41) is 12.7. The molecule has 1 fully saturated rings. The Bertz CT molecular complexity index is 369. The molecule has 1 aromatic carbocycles. The second-order valence-corrected chi connectivity index (χ2v) is 4.86. The Kier molecular flexibility index (Phi) is 3.74. The molecule has 17 heavy (non-hydrogen) atoms. The molecular weight excluding hydrogens is 224 g/mol. The van der Waals surface area contributed by atoms with E-state index in [0.717, 1.165) is 32.0 Å². The molecule has 1 aliphatic heterocycles. The van der Waals surface area contributed by atoms with E-state index in [1.165, 1.54) is 12.1 Å². The molecule has 0 aliphatic carbocycles. The first-order valence-corrected chi connectivity index (χ1v) is 5.90. The molecular formula is C13H17F2NO. The maximum atomic E-state index is 13.1. The van der Waals surface area contributed by atoms with Gasteiger partial charge in [-0.25, -0.2) is 8.78 Å². The highest BCUT2D eigenvalue weighted by Crippen LogP contribution is 2.32. The van der Waals surface area contributed by atoms with Gasteiger partial charge in [0.05, 0.1) is 0 Å². The van der Waals surface area contributed by atoms with Crippen molar-refractivity contribution in [1.82, 2.24) is 5.32 Å². The molecule has 2 N–H and O–H groups in total. The van der Waals surface area contributed by atoms with Crippen molar-refractivity contribution >= 4 is 0 Å². The molecule has 0 atom stereocenters. The van der Waals surface area contributed by atoms with Crippen molar-refractivity contribution < 1.29 is 13.9 Å². The molecule has 2 nitrogen and oxygen atoms in total. The fourth-order valence-corrected chi connectivity index (χ4v) is 2.49. The Morgan fingerprint density at radius 1 is 1.12 bits per heavy atom. The lowest BCUT2D eigenvalue weighted by molar-refractivity contribution is 0.0892. The van der Waals surface area contributed by atoms with Crippen LogP contribution in [0.15, 0.2) is 18.2 Å². The summed E-state index contributed by atoms with van der Waals surface area (Å²) >= 11 is 0. The zero-order valence-electron chi connectivity index (χ0n) is 9.68. The van der Waals surface area contributed by atoms with Crippen LogP contribution in [0.1, 0.15) is 18.4 Å². The first kappa shape index (κ1) is 12.5. The van der Waals surface area contributed by atoms with E-state index in [4.69, 9.17) is 0 Å². The smallest absolute Gasteiger partial charge is 0.126 e. The van der Waals surface area contributed by atoms with Crippen LogP contribution in [-0.2, 0) is 6.42 Å². The van der Waals surface area contributed by atoms with Gasteiger partial charge in [-0.05, 0) is 55.5 Å². The number of nitrogens with one attached hydrogen (secondary N) is 1. The van der Waals surface area contributed by atoms with Gasteiger partial charge in [-0.1, -0.05) is 0 Å². The second kappa shape index (κ2) is 5.10. The van der Waals surface area contributed by atoms with E-state index in [0.29, 0.717) is 12.0 Å². The summed E-state index contributed by atoms with van der Waals surface area (Å²) in [7, 11) is 0. The lowest BCUT2D eigenvalue weighted by Crippen LogP contribution is -2.40. The van der Waals surface area contributed by atoms with Crippen LogP contribution in [0.2, 0.25) is 0 Å². The minimum Gasteiger partial charge on any atom is -0.396 e. The van der Waals surface area contributed by atoms with Gasteiger partial charge in [-0.2, -0.15) is 0 Å². The zero-order valence-corrected chi connectivity index (χ0v) is 9.68. The van der Waals surface area contributed by atoms with Crippen LogP contribution in [0.5, 0.6) is 0 Å². The summed E-state index contributed by atoms with van der Waals surface area (Å²) in [6, 6.07) is 3.57. The van der Waals surface area contributed by atoms with Gasteiger partial charge in [-0.3, -0.25) is 0 Å². The predicted molar refractivity (Wildman–Crippen MR) is 61.7 cm³/mol. The summed E-state index contributed by atoms with van der Waals surface area (Å²) < 4.78 is 26.2. The zero-order chi connectivity index (χ0) is 12.3. The van der Waals surface area contributed by atoms with E-state index < -0.39 is 11.6 Å². The molecule has 1 aliphatic rings. The highest BCUT2D eigenvalue weighted by Gasteiger charge is 2.31. The van der Waals surface area contributed by atoms with Crippen LogP contribution in [0.3, 0.4) is 0 Å². The van der Waals surface area contributed by atoms with Gasteiger partial charge in [-0.15, -0.1) is 0 Å². The predicted octanol–water partition coefficient (Wildman–Crippen LogP) is 1.87. The molecule has 0 bridgehead atoms. The summed E-state index contributed by atoms with van der Waals surface area (Å²) in [5.74, 6) is -1.11. The minimum absolute atomic E-state index is 0.0623. The third kappa shape index (κ3) is 3.01. The maximum Gasteiger partial charge on any atom is 0.126 e. The Morgan fingerprint density at radius 3 is 2.24 bits per heavy atom.